The van der Waals surface area contributed by atoms with Crippen molar-refractivity contribution < 1.29 is 4.79 Å². The first-order valence-corrected chi connectivity index (χ1v) is 11.2. The zero-order valence-corrected chi connectivity index (χ0v) is 19.3. The average Bonchev–Trinajstić information content (AvgIpc) is 3.30. The summed E-state index contributed by atoms with van der Waals surface area (Å²) in [5.74, 6) is -0.465. The molecule has 0 radical (unpaired) electrons. The predicted molar refractivity (Wildman–Crippen MR) is 135 cm³/mol. The minimum absolute atomic E-state index is 0.0298. The van der Waals surface area contributed by atoms with Crippen LogP contribution in [0, 0.1) is 18.3 Å². The van der Waals surface area contributed by atoms with Gasteiger partial charge in [0.25, 0.3) is 5.91 Å². The highest BCUT2D eigenvalue weighted by Crippen LogP contribution is 2.39. The molecule has 5 rings (SSSR count). The van der Waals surface area contributed by atoms with E-state index in [1.807, 2.05) is 109 Å². The quantitative estimate of drug-likeness (QED) is 0.411. The predicted octanol–water partition coefficient (Wildman–Crippen LogP) is 5.15. The summed E-state index contributed by atoms with van der Waals surface area (Å²) in [7, 11) is 0. The zero-order chi connectivity index (χ0) is 23.7. The van der Waals surface area contributed by atoms with Crippen LogP contribution in [0.5, 0.6) is 0 Å². The van der Waals surface area contributed by atoms with Gasteiger partial charge in [0.05, 0.1) is 16.4 Å². The average molecular weight is 464 g/mol. The lowest BCUT2D eigenvalue weighted by Gasteiger charge is -2.37. The molecule has 34 heavy (non-hydrogen) atoms. The molecule has 4 aromatic rings. The molecule has 0 saturated heterocycles. The summed E-state index contributed by atoms with van der Waals surface area (Å²) >= 11 is 4.64. The highest BCUT2D eigenvalue weighted by Gasteiger charge is 2.36. The Morgan fingerprint density at radius 3 is 2.32 bits per heavy atom. The van der Waals surface area contributed by atoms with Gasteiger partial charge >= 0.3 is 0 Å². The molecule has 2 heterocycles. The number of nitrogens with one attached hydrogen (secondary N) is 1. The number of amides is 1. The van der Waals surface area contributed by atoms with Crippen molar-refractivity contribution in [2.75, 3.05) is 4.90 Å². The molecule has 1 aliphatic heterocycles. The summed E-state index contributed by atoms with van der Waals surface area (Å²) in [4.78, 5) is 14.8. The summed E-state index contributed by atoms with van der Waals surface area (Å²) in [6.45, 7) is 2.00. The number of nitrogens with zero attached hydrogens (tertiary/aromatic N) is 4. The topological polar surface area (TPSA) is 74.0 Å². The molecule has 0 fully saturated rings. The standard InChI is InChI=1S/C27H21N5OS/c1-18-9-8-14-21(15-18)32-25(29-26(33)22(16-28)27(32)34)23-17-31(20-12-6-3-7-13-20)30-24(23)19-10-4-2-5-11-19/h2-15,17,25,34H,1H3,(H,29,33). The van der Waals surface area contributed by atoms with E-state index in [1.54, 1.807) is 4.68 Å². The second-order valence-electron chi connectivity index (χ2n) is 7.97. The molecule has 1 unspecified atom stereocenters. The Hall–Kier alpha value is -4.28. The van der Waals surface area contributed by atoms with Crippen LogP contribution in [-0.2, 0) is 4.79 Å². The highest BCUT2D eigenvalue weighted by molar-refractivity contribution is 7.84. The number of para-hydroxylation sites is 1. The number of aromatic nitrogens is 2. The molecule has 0 saturated carbocycles. The van der Waals surface area contributed by atoms with Gasteiger partial charge in [-0.3, -0.25) is 4.79 Å². The number of anilines is 1. The molecule has 1 aromatic heterocycles. The number of carbonyl (C=O) groups excluding carboxylic acids is 1. The molecular formula is C27H21N5OS. The monoisotopic (exact) mass is 463 g/mol. The van der Waals surface area contributed by atoms with Gasteiger partial charge in [-0.05, 0) is 36.8 Å². The molecule has 0 bridgehead atoms. The number of benzene rings is 3. The Bertz CT molecular complexity index is 1440. The fourth-order valence-corrected chi connectivity index (χ4v) is 4.48. The highest BCUT2D eigenvalue weighted by atomic mass is 32.1. The van der Waals surface area contributed by atoms with Crippen molar-refractivity contribution in [1.82, 2.24) is 15.1 Å². The van der Waals surface area contributed by atoms with Gasteiger partial charge in [0.2, 0.25) is 0 Å². The van der Waals surface area contributed by atoms with Gasteiger partial charge in [-0.1, -0.05) is 60.7 Å². The van der Waals surface area contributed by atoms with Crippen molar-refractivity contribution in [3.8, 4) is 23.0 Å². The molecule has 6 nitrogen and oxygen atoms in total. The van der Waals surface area contributed by atoms with Crippen molar-refractivity contribution in [3.05, 3.63) is 113 Å². The number of carbonyl (C=O) groups is 1. The Morgan fingerprint density at radius 2 is 1.65 bits per heavy atom. The first kappa shape index (κ1) is 21.6. The molecule has 166 valence electrons. The van der Waals surface area contributed by atoms with E-state index in [2.05, 4.69) is 17.9 Å². The van der Waals surface area contributed by atoms with Gasteiger partial charge in [0.1, 0.15) is 17.8 Å². The number of thiol groups is 1. The summed E-state index contributed by atoms with van der Waals surface area (Å²) in [6.07, 6.45) is 1.30. The number of hydrogen-bond donors (Lipinski definition) is 2. The SMILES string of the molecule is Cc1cccc(N2C(S)=C(C#N)C(=O)NC2c2cn(-c3ccccc3)nc2-c2ccccc2)c1. The number of nitriles is 1. The molecule has 1 aliphatic rings. The van der Waals surface area contributed by atoms with Crippen molar-refractivity contribution in [3.63, 3.8) is 0 Å². The van der Waals surface area contributed by atoms with Crippen LogP contribution >= 0.6 is 12.6 Å². The summed E-state index contributed by atoms with van der Waals surface area (Å²) in [6, 6.07) is 29.5. The van der Waals surface area contributed by atoms with Gasteiger partial charge in [0.15, 0.2) is 0 Å². The third-order valence-corrected chi connectivity index (χ3v) is 6.14. The Balaban J connectivity index is 1.74. The maximum atomic E-state index is 12.9. The van der Waals surface area contributed by atoms with Crippen LogP contribution in [0.25, 0.3) is 16.9 Å². The van der Waals surface area contributed by atoms with E-state index in [9.17, 15) is 10.1 Å². The third-order valence-electron chi connectivity index (χ3n) is 5.70. The van der Waals surface area contributed by atoms with Gasteiger partial charge in [-0.2, -0.15) is 10.4 Å². The van der Waals surface area contributed by atoms with Gasteiger partial charge in [-0.15, -0.1) is 12.6 Å². The van der Waals surface area contributed by atoms with E-state index in [-0.39, 0.29) is 5.57 Å². The van der Waals surface area contributed by atoms with Crippen molar-refractivity contribution in [2.24, 2.45) is 0 Å². The third kappa shape index (κ3) is 3.85. The second-order valence-corrected chi connectivity index (χ2v) is 8.40. The van der Waals surface area contributed by atoms with Gasteiger partial charge < -0.3 is 10.2 Å². The minimum Gasteiger partial charge on any atom is -0.327 e. The Morgan fingerprint density at radius 1 is 0.971 bits per heavy atom. The van der Waals surface area contributed by atoms with Gasteiger partial charge in [-0.25, -0.2) is 4.68 Å². The van der Waals surface area contributed by atoms with Crippen molar-refractivity contribution in [1.29, 1.82) is 5.26 Å². The Kier molecular flexibility index (Phi) is 5.66. The summed E-state index contributed by atoms with van der Waals surface area (Å²) in [5.41, 5.74) is 5.17. The largest absolute Gasteiger partial charge is 0.327 e. The van der Waals surface area contributed by atoms with E-state index in [0.29, 0.717) is 5.03 Å². The van der Waals surface area contributed by atoms with E-state index in [4.69, 9.17) is 5.10 Å². The van der Waals surface area contributed by atoms with Crippen LogP contribution in [0.3, 0.4) is 0 Å². The first-order valence-electron chi connectivity index (χ1n) is 10.8. The fraction of sp³-hybridized carbons (Fsp3) is 0.0741. The van der Waals surface area contributed by atoms with E-state index < -0.39 is 12.1 Å². The molecule has 3 aromatic carbocycles. The second kappa shape index (κ2) is 8.93. The lowest BCUT2D eigenvalue weighted by molar-refractivity contribution is -0.118. The first-order chi connectivity index (χ1) is 16.6. The summed E-state index contributed by atoms with van der Waals surface area (Å²) in [5, 5.41) is 17.8. The maximum Gasteiger partial charge on any atom is 0.266 e. The molecule has 1 N–H and O–H groups in total. The fourth-order valence-electron chi connectivity index (χ4n) is 4.09. The Labute approximate surface area is 203 Å². The van der Waals surface area contributed by atoms with E-state index >= 15 is 0 Å². The van der Waals surface area contributed by atoms with Crippen molar-refractivity contribution in [2.45, 2.75) is 13.1 Å². The van der Waals surface area contributed by atoms with E-state index in [0.717, 1.165) is 33.8 Å². The van der Waals surface area contributed by atoms with Crippen LogP contribution in [-0.4, -0.2) is 15.7 Å². The van der Waals surface area contributed by atoms with Crippen LogP contribution in [0.1, 0.15) is 17.3 Å². The number of rotatable bonds is 4. The lowest BCUT2D eigenvalue weighted by Crippen LogP contribution is -2.46. The molecule has 1 atom stereocenters. The van der Waals surface area contributed by atoms with Gasteiger partial charge in [0, 0.05) is 23.0 Å². The molecule has 0 spiro atoms. The maximum absolute atomic E-state index is 12.9. The molecule has 0 aliphatic carbocycles. The smallest absolute Gasteiger partial charge is 0.266 e. The van der Waals surface area contributed by atoms with Crippen LogP contribution in [0.2, 0.25) is 0 Å². The van der Waals surface area contributed by atoms with E-state index in [1.165, 1.54) is 0 Å². The van der Waals surface area contributed by atoms with Crippen LogP contribution in [0.4, 0.5) is 5.69 Å². The molecular weight excluding hydrogens is 442 g/mol. The normalized spacial score (nSPS) is 15.7. The number of aryl methyl sites for hydroxylation is 1. The number of hydrogen-bond acceptors (Lipinski definition) is 5. The molecule has 1 amide bonds. The lowest BCUT2D eigenvalue weighted by atomic mass is 10.0. The van der Waals surface area contributed by atoms with Crippen LogP contribution in [0.15, 0.2) is 102 Å². The van der Waals surface area contributed by atoms with Crippen molar-refractivity contribution >= 4 is 24.2 Å². The molecule has 7 heteroatoms. The summed E-state index contributed by atoms with van der Waals surface area (Å²) < 4.78 is 1.81. The van der Waals surface area contributed by atoms with Crippen LogP contribution < -0.4 is 10.2 Å². The minimum atomic E-state index is -0.619. The zero-order valence-electron chi connectivity index (χ0n) is 18.4.